The maximum absolute atomic E-state index is 10.0. The van der Waals surface area contributed by atoms with Gasteiger partial charge in [0.1, 0.15) is 0 Å². The van der Waals surface area contributed by atoms with Gasteiger partial charge in [0.25, 0.3) is 0 Å². The van der Waals surface area contributed by atoms with E-state index >= 15 is 0 Å². The fraction of sp³-hybridized carbons (Fsp3) is 0.647. The molecular weight excluding hydrogens is 286 g/mol. The van der Waals surface area contributed by atoms with Crippen molar-refractivity contribution in [1.82, 2.24) is 4.90 Å². The Kier molecular flexibility index (Phi) is 7.51. The molecule has 0 spiro atoms. The smallest absolute Gasteiger partial charge is 0.0812 e. The number of aliphatic hydroxyl groups is 1. The molecule has 1 aromatic carbocycles. The first-order valence-electron chi connectivity index (χ1n) is 7.99. The monoisotopic (exact) mass is 311 g/mol. The summed E-state index contributed by atoms with van der Waals surface area (Å²) < 4.78 is 5.63. The van der Waals surface area contributed by atoms with Crippen molar-refractivity contribution in [2.75, 3.05) is 32.8 Å². The molecule has 1 unspecified atom stereocenters. The van der Waals surface area contributed by atoms with Crippen molar-refractivity contribution in [3.63, 3.8) is 0 Å². The first-order valence-corrected chi connectivity index (χ1v) is 8.37. The fourth-order valence-corrected chi connectivity index (χ4v) is 2.85. The predicted octanol–water partition coefficient (Wildman–Crippen LogP) is 3.66. The zero-order chi connectivity index (χ0) is 14.9. The molecule has 1 aromatic rings. The third-order valence-corrected chi connectivity index (χ3v) is 4.25. The van der Waals surface area contributed by atoms with Gasteiger partial charge in [0.2, 0.25) is 0 Å². The third-order valence-electron chi connectivity index (χ3n) is 4.00. The predicted molar refractivity (Wildman–Crippen MR) is 86.8 cm³/mol. The molecule has 0 amide bonds. The van der Waals surface area contributed by atoms with Crippen LogP contribution < -0.4 is 0 Å². The summed E-state index contributed by atoms with van der Waals surface area (Å²) in [6, 6.07) is 7.34. The van der Waals surface area contributed by atoms with Gasteiger partial charge in [0, 0.05) is 31.2 Å². The Morgan fingerprint density at radius 3 is 2.52 bits per heavy atom. The maximum atomic E-state index is 10.0. The molecule has 3 nitrogen and oxygen atoms in total. The Hall–Kier alpha value is -0.610. The van der Waals surface area contributed by atoms with E-state index in [1.807, 2.05) is 12.1 Å². The SMILES string of the molecule is OC(CCOCCCN1CCCCC1)c1ccc(Cl)cc1. The van der Waals surface area contributed by atoms with E-state index in [0.29, 0.717) is 18.1 Å². The lowest BCUT2D eigenvalue weighted by molar-refractivity contribution is 0.0751. The molecule has 21 heavy (non-hydrogen) atoms. The van der Waals surface area contributed by atoms with Crippen LogP contribution in [0.3, 0.4) is 0 Å². The second kappa shape index (κ2) is 9.42. The average Bonchev–Trinajstić information content (AvgIpc) is 2.52. The number of likely N-dealkylation sites (tertiary alicyclic amines) is 1. The van der Waals surface area contributed by atoms with E-state index < -0.39 is 6.10 Å². The maximum Gasteiger partial charge on any atom is 0.0812 e. The van der Waals surface area contributed by atoms with Crippen LogP contribution in [0.15, 0.2) is 24.3 Å². The van der Waals surface area contributed by atoms with Crippen LogP contribution >= 0.6 is 11.6 Å². The summed E-state index contributed by atoms with van der Waals surface area (Å²) in [5, 5.41) is 10.7. The molecule has 1 fully saturated rings. The molecule has 4 heteroatoms. The second-order valence-electron chi connectivity index (χ2n) is 5.72. The average molecular weight is 312 g/mol. The molecule has 1 atom stereocenters. The fourth-order valence-electron chi connectivity index (χ4n) is 2.72. The van der Waals surface area contributed by atoms with Crippen molar-refractivity contribution in [3.8, 4) is 0 Å². The van der Waals surface area contributed by atoms with Crippen molar-refractivity contribution in [2.45, 2.75) is 38.2 Å². The quantitative estimate of drug-likeness (QED) is 0.744. The van der Waals surface area contributed by atoms with Crippen LogP contribution in [0.4, 0.5) is 0 Å². The molecule has 0 radical (unpaired) electrons. The summed E-state index contributed by atoms with van der Waals surface area (Å²) >= 11 is 5.83. The molecule has 1 heterocycles. The van der Waals surface area contributed by atoms with Crippen molar-refractivity contribution in [3.05, 3.63) is 34.9 Å². The molecule has 1 aliphatic heterocycles. The van der Waals surface area contributed by atoms with Crippen LogP contribution in [0.1, 0.15) is 43.8 Å². The second-order valence-corrected chi connectivity index (χ2v) is 6.16. The van der Waals surface area contributed by atoms with Crippen molar-refractivity contribution < 1.29 is 9.84 Å². The number of rotatable bonds is 8. The number of piperidine rings is 1. The van der Waals surface area contributed by atoms with Gasteiger partial charge in [0.05, 0.1) is 6.10 Å². The summed E-state index contributed by atoms with van der Waals surface area (Å²) in [5.41, 5.74) is 0.899. The van der Waals surface area contributed by atoms with Gasteiger partial charge in [-0.3, -0.25) is 0 Å². The minimum absolute atomic E-state index is 0.468. The van der Waals surface area contributed by atoms with Gasteiger partial charge in [-0.15, -0.1) is 0 Å². The number of ether oxygens (including phenoxy) is 1. The molecule has 1 saturated heterocycles. The van der Waals surface area contributed by atoms with E-state index in [2.05, 4.69) is 4.90 Å². The number of nitrogens with zero attached hydrogens (tertiary/aromatic N) is 1. The molecule has 1 aliphatic rings. The summed E-state index contributed by atoms with van der Waals surface area (Å²) in [6.45, 7) is 5.01. The zero-order valence-corrected chi connectivity index (χ0v) is 13.4. The Morgan fingerprint density at radius 2 is 1.81 bits per heavy atom. The van der Waals surface area contributed by atoms with E-state index in [1.54, 1.807) is 12.1 Å². The number of aliphatic hydroxyl groups excluding tert-OH is 1. The highest BCUT2D eigenvalue weighted by atomic mass is 35.5. The standard InChI is InChI=1S/C17H26ClNO2/c18-16-7-5-15(6-8-16)17(20)9-14-21-13-4-12-19-10-2-1-3-11-19/h5-8,17,20H,1-4,9-14H2. The summed E-state index contributed by atoms with van der Waals surface area (Å²) in [7, 11) is 0. The molecule has 0 aromatic heterocycles. The third kappa shape index (κ3) is 6.35. The van der Waals surface area contributed by atoms with Crippen LogP contribution in [0.5, 0.6) is 0 Å². The number of halogens is 1. The van der Waals surface area contributed by atoms with E-state index in [-0.39, 0.29) is 0 Å². The molecule has 2 rings (SSSR count). The molecule has 0 aliphatic carbocycles. The number of hydrogen-bond donors (Lipinski definition) is 1. The van der Waals surface area contributed by atoms with Gasteiger partial charge in [-0.2, -0.15) is 0 Å². The zero-order valence-electron chi connectivity index (χ0n) is 12.6. The lowest BCUT2D eigenvalue weighted by Gasteiger charge is -2.26. The topological polar surface area (TPSA) is 32.7 Å². The number of hydrogen-bond acceptors (Lipinski definition) is 3. The van der Waals surface area contributed by atoms with Crippen LogP contribution in [0.2, 0.25) is 5.02 Å². The molecule has 0 bridgehead atoms. The van der Waals surface area contributed by atoms with Crippen LogP contribution in [0, 0.1) is 0 Å². The highest BCUT2D eigenvalue weighted by Gasteiger charge is 2.09. The van der Waals surface area contributed by atoms with E-state index in [9.17, 15) is 5.11 Å². The summed E-state index contributed by atoms with van der Waals surface area (Å²) in [5.74, 6) is 0. The van der Waals surface area contributed by atoms with Gasteiger partial charge >= 0.3 is 0 Å². The Bertz CT molecular complexity index is 390. The van der Waals surface area contributed by atoms with Crippen molar-refractivity contribution in [1.29, 1.82) is 0 Å². The minimum Gasteiger partial charge on any atom is -0.388 e. The number of benzene rings is 1. The van der Waals surface area contributed by atoms with Crippen LogP contribution in [-0.4, -0.2) is 42.9 Å². The Morgan fingerprint density at radius 1 is 1.10 bits per heavy atom. The normalized spacial score (nSPS) is 17.8. The molecule has 118 valence electrons. The first kappa shape index (κ1) is 16.8. The van der Waals surface area contributed by atoms with E-state index in [0.717, 1.165) is 25.1 Å². The Balaban J connectivity index is 1.52. The van der Waals surface area contributed by atoms with E-state index in [1.165, 1.54) is 32.4 Å². The highest BCUT2D eigenvalue weighted by Crippen LogP contribution is 2.19. The summed E-state index contributed by atoms with van der Waals surface area (Å²) in [4.78, 5) is 2.52. The molecule has 1 N–H and O–H groups in total. The van der Waals surface area contributed by atoms with Crippen molar-refractivity contribution >= 4 is 11.6 Å². The molecular formula is C17H26ClNO2. The van der Waals surface area contributed by atoms with Gasteiger partial charge in [-0.1, -0.05) is 30.2 Å². The van der Waals surface area contributed by atoms with Crippen LogP contribution in [-0.2, 0) is 4.74 Å². The van der Waals surface area contributed by atoms with Gasteiger partial charge in [-0.05, 0) is 50.0 Å². The minimum atomic E-state index is -0.468. The first-order chi connectivity index (χ1) is 10.3. The van der Waals surface area contributed by atoms with Gasteiger partial charge in [0.15, 0.2) is 0 Å². The molecule has 0 saturated carbocycles. The summed E-state index contributed by atoms with van der Waals surface area (Å²) in [6.07, 6.45) is 5.31. The van der Waals surface area contributed by atoms with Crippen molar-refractivity contribution in [2.24, 2.45) is 0 Å². The van der Waals surface area contributed by atoms with E-state index in [4.69, 9.17) is 16.3 Å². The van der Waals surface area contributed by atoms with Crippen LogP contribution in [0.25, 0.3) is 0 Å². The Labute approximate surface area is 132 Å². The highest BCUT2D eigenvalue weighted by molar-refractivity contribution is 6.30. The van der Waals surface area contributed by atoms with Gasteiger partial charge < -0.3 is 14.7 Å². The lowest BCUT2D eigenvalue weighted by atomic mass is 10.1. The van der Waals surface area contributed by atoms with Gasteiger partial charge in [-0.25, -0.2) is 0 Å². The largest absolute Gasteiger partial charge is 0.388 e. The lowest BCUT2D eigenvalue weighted by Crippen LogP contribution is -2.31.